The molecule has 0 spiro atoms. The molecule has 1 aromatic heterocycles. The van der Waals surface area contributed by atoms with Crippen molar-refractivity contribution >= 4 is 29.2 Å². The summed E-state index contributed by atoms with van der Waals surface area (Å²) in [6.45, 7) is 4.89. The first kappa shape index (κ1) is 21.1. The topological polar surface area (TPSA) is 82.6 Å². The molecule has 1 aromatic carbocycles. The fraction of sp³-hybridized carbons (Fsp3) is 0.500. The van der Waals surface area contributed by atoms with E-state index in [1.165, 1.54) is 6.20 Å². The molecular weight excluding hydrogens is 399 g/mol. The summed E-state index contributed by atoms with van der Waals surface area (Å²) in [4.78, 5) is 24.3. The van der Waals surface area contributed by atoms with Gasteiger partial charge in [0.25, 0.3) is 0 Å². The summed E-state index contributed by atoms with van der Waals surface area (Å²) in [6, 6.07) is 8.20. The van der Waals surface area contributed by atoms with Crippen LogP contribution < -0.4 is 15.5 Å². The predicted molar refractivity (Wildman–Crippen MR) is 118 cm³/mol. The molecule has 31 heavy (non-hydrogen) atoms. The number of carbonyl (C=O) groups is 1. The van der Waals surface area contributed by atoms with Crippen LogP contribution in [0.3, 0.4) is 0 Å². The van der Waals surface area contributed by atoms with Crippen LogP contribution in [0.1, 0.15) is 32.6 Å². The Morgan fingerprint density at radius 2 is 2.00 bits per heavy atom. The van der Waals surface area contributed by atoms with Crippen molar-refractivity contribution in [2.24, 2.45) is 0 Å². The molecule has 166 valence electrons. The average molecular weight is 429 g/mol. The fourth-order valence-electron chi connectivity index (χ4n) is 4.06. The highest BCUT2D eigenvalue weighted by Gasteiger charge is 2.22. The molecule has 1 amide bonds. The van der Waals surface area contributed by atoms with E-state index < -0.39 is 5.82 Å². The molecule has 2 aromatic rings. The molecule has 2 heterocycles. The van der Waals surface area contributed by atoms with Crippen LogP contribution in [0.2, 0.25) is 0 Å². The zero-order chi connectivity index (χ0) is 21.6. The van der Waals surface area contributed by atoms with Crippen LogP contribution in [0.4, 0.5) is 32.3 Å². The van der Waals surface area contributed by atoms with Crippen LogP contribution in [0.5, 0.6) is 0 Å². The highest BCUT2D eigenvalue weighted by molar-refractivity contribution is 5.68. The smallest absolute Gasteiger partial charge is 0.409 e. The van der Waals surface area contributed by atoms with E-state index in [9.17, 15) is 9.18 Å². The van der Waals surface area contributed by atoms with Crippen LogP contribution in [0, 0.1) is 5.82 Å². The van der Waals surface area contributed by atoms with Gasteiger partial charge in [0, 0.05) is 43.6 Å². The van der Waals surface area contributed by atoms with Crippen molar-refractivity contribution in [3.8, 4) is 0 Å². The van der Waals surface area contributed by atoms with Gasteiger partial charge in [-0.25, -0.2) is 14.2 Å². The lowest BCUT2D eigenvalue weighted by molar-refractivity contribution is 0.105. The quantitative estimate of drug-likeness (QED) is 0.720. The van der Waals surface area contributed by atoms with Crippen molar-refractivity contribution in [3.63, 3.8) is 0 Å². The van der Waals surface area contributed by atoms with E-state index in [-0.39, 0.29) is 18.0 Å². The van der Waals surface area contributed by atoms with E-state index in [2.05, 4.69) is 25.5 Å². The summed E-state index contributed by atoms with van der Waals surface area (Å²) >= 11 is 0. The van der Waals surface area contributed by atoms with Gasteiger partial charge in [-0.05, 0) is 38.0 Å². The van der Waals surface area contributed by atoms with Gasteiger partial charge < -0.3 is 25.2 Å². The van der Waals surface area contributed by atoms with E-state index >= 15 is 0 Å². The molecule has 0 radical (unpaired) electrons. The number of nitrogens with zero attached hydrogens (tertiary/aromatic N) is 4. The predicted octanol–water partition coefficient (Wildman–Crippen LogP) is 3.99. The Bertz CT molecular complexity index is 897. The number of halogens is 1. The van der Waals surface area contributed by atoms with Gasteiger partial charge in [-0.1, -0.05) is 18.9 Å². The monoisotopic (exact) mass is 428 g/mol. The summed E-state index contributed by atoms with van der Waals surface area (Å²) in [6.07, 6.45) is 5.35. The van der Waals surface area contributed by atoms with Gasteiger partial charge in [0.2, 0.25) is 5.95 Å². The maximum Gasteiger partial charge on any atom is 0.409 e. The van der Waals surface area contributed by atoms with Gasteiger partial charge in [-0.15, -0.1) is 0 Å². The third-order valence-corrected chi connectivity index (χ3v) is 5.71. The van der Waals surface area contributed by atoms with Gasteiger partial charge in [0.05, 0.1) is 12.8 Å². The van der Waals surface area contributed by atoms with Crippen molar-refractivity contribution in [1.29, 1.82) is 0 Å². The minimum absolute atomic E-state index is 0.246. The van der Waals surface area contributed by atoms with E-state index in [1.807, 2.05) is 31.2 Å². The van der Waals surface area contributed by atoms with Crippen molar-refractivity contribution in [2.45, 2.75) is 38.6 Å². The standard InChI is InChI=1S/C22H29FN6O2/c1-2-31-22(30)29-12-10-28(11-13-29)18-9-5-8-17(14-18)26-21-24-15-19(23)20(27-21)25-16-6-3-4-7-16/h5,8-9,14-16H,2-4,6-7,10-13H2,1H3,(H2,24,25,26,27). The zero-order valence-electron chi connectivity index (χ0n) is 17.8. The molecule has 2 N–H and O–H groups in total. The summed E-state index contributed by atoms with van der Waals surface area (Å²) in [5.74, 6) is 0.160. The maximum absolute atomic E-state index is 14.1. The second-order valence-electron chi connectivity index (χ2n) is 7.86. The molecule has 1 saturated heterocycles. The Balaban J connectivity index is 1.39. The number of ether oxygens (including phenoxy) is 1. The number of hydrogen-bond acceptors (Lipinski definition) is 7. The number of benzene rings is 1. The number of carbonyl (C=O) groups excluding carboxylic acids is 1. The molecule has 2 fully saturated rings. The number of piperazine rings is 1. The van der Waals surface area contributed by atoms with Gasteiger partial charge in [-0.3, -0.25) is 0 Å². The maximum atomic E-state index is 14.1. The lowest BCUT2D eigenvalue weighted by atomic mass is 10.2. The Hall–Kier alpha value is -3.10. The lowest BCUT2D eigenvalue weighted by Gasteiger charge is -2.35. The van der Waals surface area contributed by atoms with Gasteiger partial charge in [-0.2, -0.15) is 4.98 Å². The average Bonchev–Trinajstić information content (AvgIpc) is 3.30. The first-order chi connectivity index (χ1) is 15.1. The highest BCUT2D eigenvalue weighted by Crippen LogP contribution is 2.25. The van der Waals surface area contributed by atoms with Gasteiger partial charge in [0.1, 0.15) is 0 Å². The molecule has 1 aliphatic heterocycles. The lowest BCUT2D eigenvalue weighted by Crippen LogP contribution is -2.49. The number of aromatic nitrogens is 2. The molecule has 0 atom stereocenters. The summed E-state index contributed by atoms with van der Waals surface area (Å²) in [5.41, 5.74) is 1.86. The summed E-state index contributed by atoms with van der Waals surface area (Å²) in [7, 11) is 0. The van der Waals surface area contributed by atoms with Gasteiger partial charge in [0.15, 0.2) is 11.6 Å². The van der Waals surface area contributed by atoms with Gasteiger partial charge >= 0.3 is 6.09 Å². The Morgan fingerprint density at radius 1 is 1.23 bits per heavy atom. The molecule has 4 rings (SSSR count). The molecule has 0 bridgehead atoms. The number of amides is 1. The molecule has 1 aliphatic carbocycles. The molecule has 9 heteroatoms. The van der Waals surface area contributed by atoms with E-state index in [1.54, 1.807) is 4.90 Å². The third kappa shape index (κ3) is 5.34. The number of rotatable bonds is 6. The SMILES string of the molecule is CCOC(=O)N1CCN(c2cccc(Nc3ncc(F)c(NC4CCCC4)n3)c2)CC1. The third-order valence-electron chi connectivity index (χ3n) is 5.71. The van der Waals surface area contributed by atoms with Crippen molar-refractivity contribution in [1.82, 2.24) is 14.9 Å². The second-order valence-corrected chi connectivity index (χ2v) is 7.86. The summed E-state index contributed by atoms with van der Waals surface area (Å²) < 4.78 is 19.2. The number of anilines is 4. The molecule has 8 nitrogen and oxygen atoms in total. The highest BCUT2D eigenvalue weighted by atomic mass is 19.1. The number of nitrogens with one attached hydrogen (secondary N) is 2. The van der Waals surface area contributed by atoms with Crippen LogP contribution >= 0.6 is 0 Å². The van der Waals surface area contributed by atoms with E-state index in [0.717, 1.165) is 50.1 Å². The largest absolute Gasteiger partial charge is 0.450 e. The van der Waals surface area contributed by atoms with Crippen LogP contribution in [0.15, 0.2) is 30.5 Å². The second kappa shape index (κ2) is 9.80. The first-order valence-corrected chi connectivity index (χ1v) is 10.9. The Kier molecular flexibility index (Phi) is 6.69. The van der Waals surface area contributed by atoms with Crippen molar-refractivity contribution < 1.29 is 13.9 Å². The van der Waals surface area contributed by atoms with E-state index in [0.29, 0.717) is 25.6 Å². The van der Waals surface area contributed by atoms with Crippen LogP contribution in [-0.4, -0.2) is 59.8 Å². The Labute approximate surface area is 181 Å². The molecular formula is C22H29FN6O2. The Morgan fingerprint density at radius 3 is 2.74 bits per heavy atom. The molecule has 2 aliphatic rings. The summed E-state index contributed by atoms with van der Waals surface area (Å²) in [5, 5.41) is 6.38. The number of hydrogen-bond donors (Lipinski definition) is 2. The zero-order valence-corrected chi connectivity index (χ0v) is 17.8. The van der Waals surface area contributed by atoms with E-state index in [4.69, 9.17) is 4.74 Å². The normalized spacial score (nSPS) is 17.0. The first-order valence-electron chi connectivity index (χ1n) is 10.9. The minimum Gasteiger partial charge on any atom is -0.450 e. The molecule has 1 saturated carbocycles. The molecule has 0 unspecified atom stereocenters. The van der Waals surface area contributed by atoms with Crippen LogP contribution in [-0.2, 0) is 4.74 Å². The fourth-order valence-corrected chi connectivity index (χ4v) is 4.06. The van der Waals surface area contributed by atoms with Crippen molar-refractivity contribution in [2.75, 3.05) is 48.3 Å². The van der Waals surface area contributed by atoms with Crippen molar-refractivity contribution in [3.05, 3.63) is 36.3 Å². The van der Waals surface area contributed by atoms with Crippen LogP contribution in [0.25, 0.3) is 0 Å². The minimum atomic E-state index is -0.439.